The second-order valence-electron chi connectivity index (χ2n) is 8.26. The normalized spacial score (nSPS) is 22.2. The van der Waals surface area contributed by atoms with Gasteiger partial charge < -0.3 is 14.3 Å². The smallest absolute Gasteiger partial charge is 0.475 e. The fourth-order valence-electron chi connectivity index (χ4n) is 4.28. The van der Waals surface area contributed by atoms with E-state index in [1.54, 1.807) is 31.8 Å². The van der Waals surface area contributed by atoms with Gasteiger partial charge in [-0.2, -0.15) is 30.2 Å². The Labute approximate surface area is 185 Å². The first-order valence-electron chi connectivity index (χ1n) is 10.0. The largest absolute Gasteiger partial charge is 0.490 e. The van der Waals surface area contributed by atoms with E-state index in [9.17, 15) is 21.6 Å². The lowest BCUT2D eigenvalue weighted by Gasteiger charge is -2.42. The van der Waals surface area contributed by atoms with E-state index in [1.165, 1.54) is 4.31 Å². The zero-order valence-corrected chi connectivity index (χ0v) is 19.2. The number of aliphatic carboxylic acids is 1. The first-order valence-corrected chi connectivity index (χ1v) is 11.4. The molecular weight excluding hydrogens is 455 g/mol. The van der Waals surface area contributed by atoms with Crippen molar-refractivity contribution < 1.29 is 40.6 Å². The third-order valence-electron chi connectivity index (χ3n) is 5.96. The second-order valence-corrected chi connectivity index (χ2v) is 10.4. The molecule has 0 amide bonds. The first-order chi connectivity index (χ1) is 14.8. The van der Waals surface area contributed by atoms with Crippen LogP contribution in [0.1, 0.15) is 18.6 Å². The maximum absolute atomic E-state index is 12.4. The quantitative estimate of drug-likeness (QED) is 0.656. The van der Waals surface area contributed by atoms with Crippen LogP contribution in [-0.4, -0.2) is 93.2 Å². The van der Waals surface area contributed by atoms with Gasteiger partial charge in [0.05, 0.1) is 19.4 Å². The predicted octanol–water partition coefficient (Wildman–Crippen LogP) is 1.88. The predicted molar refractivity (Wildman–Crippen MR) is 109 cm³/mol. The van der Waals surface area contributed by atoms with Crippen LogP contribution < -0.4 is 0 Å². The van der Waals surface area contributed by atoms with E-state index in [4.69, 9.17) is 19.1 Å². The summed E-state index contributed by atoms with van der Waals surface area (Å²) in [5.74, 6) is -1.36. The van der Waals surface area contributed by atoms with Gasteiger partial charge >= 0.3 is 12.1 Å². The van der Waals surface area contributed by atoms with Crippen molar-refractivity contribution in [3.8, 4) is 0 Å². The highest BCUT2D eigenvalue weighted by Crippen LogP contribution is 2.45. The molecule has 0 saturated carbocycles. The number of likely N-dealkylation sites (tertiary alicyclic amines) is 1. The van der Waals surface area contributed by atoms with Crippen molar-refractivity contribution in [2.75, 3.05) is 54.0 Å². The van der Waals surface area contributed by atoms with Crippen molar-refractivity contribution in [3.05, 3.63) is 24.2 Å². The fraction of sp³-hybridized carbons (Fsp3) is 0.737. The molecule has 0 bridgehead atoms. The first kappa shape index (κ1) is 26.6. The third-order valence-corrected chi connectivity index (χ3v) is 7.90. The molecule has 3 heterocycles. The van der Waals surface area contributed by atoms with Crippen molar-refractivity contribution in [2.45, 2.75) is 25.6 Å². The Morgan fingerprint density at radius 1 is 1.34 bits per heavy atom. The Morgan fingerprint density at radius 2 is 1.94 bits per heavy atom. The molecule has 2 aliphatic heterocycles. The third kappa shape index (κ3) is 6.44. The minimum atomic E-state index is -5.08. The molecule has 1 spiro atoms. The molecule has 13 heteroatoms. The number of hydrogen-bond donors (Lipinski definition) is 1. The number of carboxylic acid groups (broad SMARTS) is 1. The van der Waals surface area contributed by atoms with Gasteiger partial charge in [-0.05, 0) is 30.4 Å². The Hall–Kier alpha value is -1.67. The second kappa shape index (κ2) is 10.5. The summed E-state index contributed by atoms with van der Waals surface area (Å²) >= 11 is 0. The van der Waals surface area contributed by atoms with Crippen LogP contribution in [-0.2, 0) is 26.3 Å². The number of hydrogen-bond acceptors (Lipinski definition) is 6. The highest BCUT2D eigenvalue weighted by Gasteiger charge is 2.49. The van der Waals surface area contributed by atoms with Gasteiger partial charge in [0.25, 0.3) is 10.2 Å². The lowest BCUT2D eigenvalue weighted by atomic mass is 9.71. The van der Waals surface area contributed by atoms with Crippen molar-refractivity contribution in [2.24, 2.45) is 11.3 Å². The number of nitrogens with zero attached hydrogens (tertiary/aromatic N) is 3. The van der Waals surface area contributed by atoms with E-state index in [2.05, 4.69) is 4.90 Å². The van der Waals surface area contributed by atoms with E-state index in [-0.39, 0.29) is 5.41 Å². The molecule has 2 saturated heterocycles. The van der Waals surface area contributed by atoms with Crippen LogP contribution in [0.4, 0.5) is 13.2 Å². The molecule has 1 aromatic heterocycles. The molecule has 2 fully saturated rings. The number of piperidine rings is 1. The lowest BCUT2D eigenvalue weighted by Crippen LogP contribution is -2.50. The van der Waals surface area contributed by atoms with Crippen molar-refractivity contribution in [1.29, 1.82) is 0 Å². The summed E-state index contributed by atoms with van der Waals surface area (Å²) in [5.41, 5.74) is 0.126. The molecule has 1 aromatic rings. The van der Waals surface area contributed by atoms with E-state index in [0.29, 0.717) is 19.0 Å². The number of carbonyl (C=O) groups is 1. The average molecular weight is 486 g/mol. The topological polar surface area (TPSA) is 104 Å². The average Bonchev–Trinajstić information content (AvgIpc) is 3.31. The molecule has 1 atom stereocenters. The van der Waals surface area contributed by atoms with Gasteiger partial charge in [-0.1, -0.05) is 0 Å². The molecule has 0 aliphatic carbocycles. The van der Waals surface area contributed by atoms with Crippen LogP contribution in [0, 0.1) is 11.3 Å². The fourth-order valence-corrected chi connectivity index (χ4v) is 5.38. The highest BCUT2D eigenvalue weighted by molar-refractivity contribution is 7.86. The maximum atomic E-state index is 12.4. The van der Waals surface area contributed by atoms with Gasteiger partial charge in [0.2, 0.25) is 0 Å². The summed E-state index contributed by atoms with van der Waals surface area (Å²) in [6.45, 7) is 4.61. The Morgan fingerprint density at radius 3 is 2.38 bits per heavy atom. The number of methoxy groups -OCH3 is 1. The Kier molecular flexibility index (Phi) is 8.73. The summed E-state index contributed by atoms with van der Waals surface area (Å²) in [6.07, 6.45) is -1.62. The van der Waals surface area contributed by atoms with Crippen molar-refractivity contribution >= 4 is 16.2 Å². The number of alkyl halides is 3. The summed E-state index contributed by atoms with van der Waals surface area (Å²) < 4.78 is 70.4. The lowest BCUT2D eigenvalue weighted by molar-refractivity contribution is -0.192. The van der Waals surface area contributed by atoms with Gasteiger partial charge in [-0.15, -0.1) is 0 Å². The summed E-state index contributed by atoms with van der Waals surface area (Å²) in [7, 11) is 1.60. The number of furan rings is 1. The summed E-state index contributed by atoms with van der Waals surface area (Å²) in [5, 5.41) is 7.12. The Bertz CT molecular complexity index is 837. The number of ether oxygens (including phenoxy) is 1. The zero-order chi connectivity index (χ0) is 24.2. The number of rotatable bonds is 6. The molecular formula is C19H30F3N3O6S. The minimum absolute atomic E-state index is 0.126. The van der Waals surface area contributed by atoms with E-state index in [0.717, 1.165) is 44.8 Å². The molecule has 9 nitrogen and oxygen atoms in total. The van der Waals surface area contributed by atoms with Crippen LogP contribution in [0.25, 0.3) is 0 Å². The molecule has 184 valence electrons. The number of carboxylic acids is 1. The van der Waals surface area contributed by atoms with Crippen LogP contribution in [0.2, 0.25) is 0 Å². The monoisotopic (exact) mass is 485 g/mol. The molecule has 0 aromatic carbocycles. The maximum Gasteiger partial charge on any atom is 0.490 e. The van der Waals surface area contributed by atoms with Crippen molar-refractivity contribution in [1.82, 2.24) is 13.5 Å². The van der Waals surface area contributed by atoms with E-state index >= 15 is 0 Å². The van der Waals surface area contributed by atoms with Crippen molar-refractivity contribution in [3.63, 3.8) is 0 Å². The Balaban J connectivity index is 0.000000451. The van der Waals surface area contributed by atoms with Gasteiger partial charge in [0, 0.05) is 53.3 Å². The van der Waals surface area contributed by atoms with E-state index in [1.807, 2.05) is 12.1 Å². The molecule has 2 aliphatic rings. The summed E-state index contributed by atoms with van der Waals surface area (Å²) in [6, 6.07) is 3.92. The summed E-state index contributed by atoms with van der Waals surface area (Å²) in [4.78, 5) is 11.3. The SMILES string of the molecule is COCC1CN(Cc2ccco2)CC12CCN(S(=O)(=O)N(C)C)CC2.O=C(O)C(F)(F)F. The molecule has 3 rings (SSSR count). The standard InChI is InChI=1S/C17H29N3O4S.C2HF3O2/c1-18(2)25(21,22)20-8-6-17(7-9-20)14-19(11-15(17)13-23-3)12-16-5-4-10-24-16;3-2(4,5)1(6)7/h4-5,10,15H,6-9,11-14H2,1-3H3;(H,6,7). The zero-order valence-electron chi connectivity index (χ0n) is 18.3. The number of halogens is 3. The van der Waals surface area contributed by atoms with Gasteiger partial charge in [-0.3, -0.25) is 4.90 Å². The highest BCUT2D eigenvalue weighted by atomic mass is 32.2. The minimum Gasteiger partial charge on any atom is -0.475 e. The van der Waals surface area contributed by atoms with E-state index < -0.39 is 22.4 Å². The molecule has 0 radical (unpaired) electrons. The van der Waals surface area contributed by atoms with Gasteiger partial charge in [0.1, 0.15) is 5.76 Å². The van der Waals surface area contributed by atoms with Crippen LogP contribution in [0.15, 0.2) is 22.8 Å². The van der Waals surface area contributed by atoms with Crippen LogP contribution >= 0.6 is 0 Å². The van der Waals surface area contributed by atoms with Crippen LogP contribution in [0.3, 0.4) is 0 Å². The molecule has 1 unspecified atom stereocenters. The van der Waals surface area contributed by atoms with Gasteiger partial charge in [-0.25, -0.2) is 4.79 Å². The van der Waals surface area contributed by atoms with Crippen LogP contribution in [0.5, 0.6) is 0 Å². The molecule has 1 N–H and O–H groups in total. The van der Waals surface area contributed by atoms with Gasteiger partial charge in [0.15, 0.2) is 0 Å². The molecule has 32 heavy (non-hydrogen) atoms.